The molecule has 0 radical (unpaired) electrons. The molecule has 0 heterocycles. The van der Waals surface area contributed by atoms with Crippen molar-refractivity contribution in [2.75, 3.05) is 0 Å². The Morgan fingerprint density at radius 3 is 2.54 bits per heavy atom. The topological polar surface area (TPSA) is 74.6 Å². The van der Waals surface area contributed by atoms with Gasteiger partial charge in [0.05, 0.1) is 12.0 Å². The summed E-state index contributed by atoms with van der Waals surface area (Å²) in [6.45, 7) is 4.81. The average Bonchev–Trinajstić information content (AvgIpc) is 2.99. The van der Waals surface area contributed by atoms with E-state index in [2.05, 4.69) is 13.8 Å². The quantitative estimate of drug-likeness (QED) is 0.668. The van der Waals surface area contributed by atoms with E-state index >= 15 is 0 Å². The zero-order valence-corrected chi connectivity index (χ0v) is 17.6. The van der Waals surface area contributed by atoms with Gasteiger partial charge >= 0.3 is 5.97 Å². The second-order valence-corrected chi connectivity index (χ2v) is 11.0. The van der Waals surface area contributed by atoms with Gasteiger partial charge in [-0.1, -0.05) is 26.7 Å². The summed E-state index contributed by atoms with van der Waals surface area (Å²) in [5, 5.41) is 21.1. The van der Waals surface area contributed by atoms with Crippen molar-refractivity contribution in [3.05, 3.63) is 0 Å². The summed E-state index contributed by atoms with van der Waals surface area (Å²) in [4.78, 5) is 22.9. The fourth-order valence-corrected chi connectivity index (χ4v) is 8.70. The Morgan fingerprint density at radius 2 is 1.82 bits per heavy atom. The van der Waals surface area contributed by atoms with Crippen molar-refractivity contribution in [2.24, 2.45) is 46.3 Å². The van der Waals surface area contributed by atoms with Crippen LogP contribution < -0.4 is 0 Å². The normalized spacial score (nSPS) is 48.8. The minimum absolute atomic E-state index is 0.00799. The first kappa shape index (κ1) is 20.4. The minimum atomic E-state index is -0.737. The van der Waals surface area contributed by atoms with E-state index in [4.69, 9.17) is 0 Å². The van der Waals surface area contributed by atoms with E-state index < -0.39 is 11.9 Å². The SMILES string of the molecule is C[C@]12CC[C@H]3[C@@H](C(O)CC4CCCC[C@@]43C)[C@@H]1CC[C@@H]2[C@@H](CCC=O)C(=O)O. The predicted octanol–water partition coefficient (Wildman–Crippen LogP) is 4.69. The lowest BCUT2D eigenvalue weighted by molar-refractivity contribution is -0.168. The maximum Gasteiger partial charge on any atom is 0.306 e. The smallest absolute Gasteiger partial charge is 0.306 e. The van der Waals surface area contributed by atoms with Crippen LogP contribution in [0.25, 0.3) is 0 Å². The number of aliphatic carboxylic acids is 1. The van der Waals surface area contributed by atoms with Crippen LogP contribution in [0.4, 0.5) is 0 Å². The van der Waals surface area contributed by atoms with Crippen LogP contribution >= 0.6 is 0 Å². The van der Waals surface area contributed by atoms with Crippen molar-refractivity contribution in [1.82, 2.24) is 0 Å². The van der Waals surface area contributed by atoms with Gasteiger partial charge in [-0.05, 0) is 91.8 Å². The molecule has 4 nitrogen and oxygen atoms in total. The largest absolute Gasteiger partial charge is 0.481 e. The highest BCUT2D eigenvalue weighted by Gasteiger charge is 2.63. The second-order valence-electron chi connectivity index (χ2n) is 11.0. The van der Waals surface area contributed by atoms with Gasteiger partial charge in [0.15, 0.2) is 0 Å². The monoisotopic (exact) mass is 390 g/mol. The molecule has 0 bridgehead atoms. The van der Waals surface area contributed by atoms with Gasteiger partial charge in [0, 0.05) is 6.42 Å². The van der Waals surface area contributed by atoms with Crippen molar-refractivity contribution < 1.29 is 19.8 Å². The highest BCUT2D eigenvalue weighted by Crippen LogP contribution is 2.68. The van der Waals surface area contributed by atoms with Gasteiger partial charge < -0.3 is 15.0 Å². The Hall–Kier alpha value is -0.900. The Balaban J connectivity index is 1.61. The van der Waals surface area contributed by atoms with Crippen molar-refractivity contribution in [3.63, 3.8) is 0 Å². The number of carbonyl (C=O) groups is 2. The second kappa shape index (κ2) is 7.41. The molecule has 0 aromatic carbocycles. The maximum atomic E-state index is 12.0. The number of carboxylic acid groups (broad SMARTS) is 1. The zero-order valence-electron chi connectivity index (χ0n) is 17.6. The number of carboxylic acids is 1. The molecule has 4 heteroatoms. The van der Waals surface area contributed by atoms with E-state index in [9.17, 15) is 19.8 Å². The van der Waals surface area contributed by atoms with Gasteiger partial charge in [0.1, 0.15) is 6.29 Å². The molecule has 2 unspecified atom stereocenters. The van der Waals surface area contributed by atoms with Crippen LogP contribution in [0.5, 0.6) is 0 Å². The van der Waals surface area contributed by atoms with E-state index in [1.54, 1.807) is 0 Å². The molecular formula is C24H38O4. The summed E-state index contributed by atoms with van der Waals surface area (Å²) in [6, 6.07) is 0. The van der Waals surface area contributed by atoms with Crippen LogP contribution in [0.3, 0.4) is 0 Å². The van der Waals surface area contributed by atoms with Crippen LogP contribution in [0, 0.1) is 46.3 Å². The Morgan fingerprint density at radius 1 is 1.07 bits per heavy atom. The van der Waals surface area contributed by atoms with Crippen LogP contribution in [0.2, 0.25) is 0 Å². The Kier molecular flexibility index (Phi) is 5.39. The van der Waals surface area contributed by atoms with Crippen LogP contribution in [-0.4, -0.2) is 28.6 Å². The summed E-state index contributed by atoms with van der Waals surface area (Å²) in [7, 11) is 0. The average molecular weight is 391 g/mol. The molecule has 0 amide bonds. The van der Waals surface area contributed by atoms with Crippen molar-refractivity contribution in [3.8, 4) is 0 Å². The number of aliphatic hydroxyl groups is 1. The third-order valence-electron chi connectivity index (χ3n) is 10.1. The number of hydrogen-bond donors (Lipinski definition) is 2. The predicted molar refractivity (Wildman–Crippen MR) is 108 cm³/mol. The molecule has 4 fully saturated rings. The van der Waals surface area contributed by atoms with Crippen molar-refractivity contribution in [2.45, 2.75) is 90.6 Å². The molecule has 4 rings (SSSR count). The van der Waals surface area contributed by atoms with Gasteiger partial charge in [0.25, 0.3) is 0 Å². The first-order valence-corrected chi connectivity index (χ1v) is 11.7. The summed E-state index contributed by atoms with van der Waals surface area (Å²) in [5.41, 5.74) is 0.358. The van der Waals surface area contributed by atoms with Crippen molar-refractivity contribution >= 4 is 12.3 Å². The Bertz CT molecular complexity index is 618. The molecule has 0 aliphatic heterocycles. The highest BCUT2D eigenvalue weighted by atomic mass is 16.4. The maximum absolute atomic E-state index is 12.0. The van der Waals surface area contributed by atoms with E-state index in [0.717, 1.165) is 38.4 Å². The van der Waals surface area contributed by atoms with Crippen LogP contribution in [0.15, 0.2) is 0 Å². The lowest BCUT2D eigenvalue weighted by atomic mass is 9.44. The molecule has 28 heavy (non-hydrogen) atoms. The van der Waals surface area contributed by atoms with Gasteiger partial charge in [-0.25, -0.2) is 0 Å². The van der Waals surface area contributed by atoms with Crippen LogP contribution in [0.1, 0.15) is 84.5 Å². The number of rotatable bonds is 5. The number of hydrogen-bond acceptors (Lipinski definition) is 3. The fraction of sp³-hybridized carbons (Fsp3) is 0.917. The van der Waals surface area contributed by atoms with Gasteiger partial charge in [0.2, 0.25) is 0 Å². The highest BCUT2D eigenvalue weighted by molar-refractivity contribution is 5.71. The number of aliphatic hydroxyl groups excluding tert-OH is 1. The molecule has 0 aromatic heterocycles. The molecule has 0 aromatic rings. The molecule has 4 saturated carbocycles. The third-order valence-corrected chi connectivity index (χ3v) is 10.1. The first-order valence-electron chi connectivity index (χ1n) is 11.7. The Labute approximate surface area is 169 Å². The minimum Gasteiger partial charge on any atom is -0.481 e. The molecule has 9 atom stereocenters. The molecule has 4 aliphatic rings. The fourth-order valence-electron chi connectivity index (χ4n) is 8.70. The third kappa shape index (κ3) is 2.97. The van der Waals surface area contributed by atoms with E-state index in [-0.39, 0.29) is 17.4 Å². The number of carbonyl (C=O) groups excluding carboxylic acids is 1. The van der Waals surface area contributed by atoms with Gasteiger partial charge in [-0.15, -0.1) is 0 Å². The molecule has 158 valence electrons. The van der Waals surface area contributed by atoms with Gasteiger partial charge in [-0.2, -0.15) is 0 Å². The lowest BCUT2D eigenvalue weighted by Crippen LogP contribution is -2.58. The van der Waals surface area contributed by atoms with Crippen molar-refractivity contribution in [1.29, 1.82) is 0 Å². The summed E-state index contributed by atoms with van der Waals surface area (Å²) in [6.07, 6.45) is 11.8. The van der Waals surface area contributed by atoms with E-state index in [1.807, 2.05) is 0 Å². The number of fused-ring (bicyclic) bond motifs is 5. The standard InChI is InChI=1S/C24H38O4/c1-23-11-4-3-6-15(23)14-20(26)21-18-9-8-17(16(22(27)28)7-5-13-25)24(18,2)12-10-19(21)23/h13,15-21,26H,3-12,14H2,1-2H3,(H,27,28)/t15?,16-,17-,18+,19+,20?,21+,23+,24-/m1/s1. The summed E-state index contributed by atoms with van der Waals surface area (Å²) in [5.74, 6) is 1.01. The lowest BCUT2D eigenvalue weighted by Gasteiger charge is -2.62. The molecule has 0 saturated heterocycles. The summed E-state index contributed by atoms with van der Waals surface area (Å²) < 4.78 is 0. The number of aldehydes is 1. The summed E-state index contributed by atoms with van der Waals surface area (Å²) >= 11 is 0. The molecule has 4 aliphatic carbocycles. The molecule has 2 N–H and O–H groups in total. The van der Waals surface area contributed by atoms with E-state index in [1.165, 1.54) is 25.7 Å². The first-order chi connectivity index (χ1) is 13.3. The molecular weight excluding hydrogens is 352 g/mol. The van der Waals surface area contributed by atoms with E-state index in [0.29, 0.717) is 41.9 Å². The van der Waals surface area contributed by atoms with Gasteiger partial charge in [-0.3, -0.25) is 4.79 Å². The van der Waals surface area contributed by atoms with Crippen LogP contribution in [-0.2, 0) is 9.59 Å². The zero-order chi connectivity index (χ0) is 20.1. The molecule has 0 spiro atoms.